The molecule has 23 heavy (non-hydrogen) atoms. The van der Waals surface area contributed by atoms with Gasteiger partial charge in [-0.15, -0.1) is 0 Å². The summed E-state index contributed by atoms with van der Waals surface area (Å²) in [6, 6.07) is 1.66. The molecule has 0 saturated carbocycles. The van der Waals surface area contributed by atoms with Crippen molar-refractivity contribution >= 4 is 17.6 Å². The average molecular weight is 321 g/mol. The second-order valence-corrected chi connectivity index (χ2v) is 5.40. The number of aromatic nitrogens is 2. The van der Waals surface area contributed by atoms with E-state index in [1.54, 1.807) is 36.8 Å². The maximum atomic E-state index is 12.6. The second kappa shape index (κ2) is 7.87. The van der Waals surface area contributed by atoms with Crippen LogP contribution in [0.4, 0.5) is 5.82 Å². The highest BCUT2D eigenvalue weighted by atomic mass is 16.5. The lowest BCUT2D eigenvalue weighted by Crippen LogP contribution is -2.50. The minimum Gasteiger partial charge on any atom is -0.383 e. The maximum absolute atomic E-state index is 12.6. The van der Waals surface area contributed by atoms with Crippen LogP contribution in [0.25, 0.3) is 0 Å². The van der Waals surface area contributed by atoms with Crippen LogP contribution in [0.5, 0.6) is 0 Å². The quantitative estimate of drug-likeness (QED) is 0.777. The zero-order valence-corrected chi connectivity index (χ0v) is 13.8. The molecule has 2 heterocycles. The van der Waals surface area contributed by atoms with Crippen molar-refractivity contribution in [1.82, 2.24) is 19.8 Å². The number of amides is 2. The number of hydrogen-bond acceptors (Lipinski definition) is 6. The van der Waals surface area contributed by atoms with Crippen LogP contribution in [0.1, 0.15) is 23.2 Å². The lowest BCUT2D eigenvalue weighted by Gasteiger charge is -2.34. The summed E-state index contributed by atoms with van der Waals surface area (Å²) in [6.45, 7) is 6.63. The number of methoxy groups -OCH3 is 1. The molecular weight excluding hydrogens is 298 g/mol. The number of nitrogens with one attached hydrogen (secondary N) is 1. The molecule has 1 aliphatic rings. The van der Waals surface area contributed by atoms with Crippen molar-refractivity contribution in [2.75, 3.05) is 51.8 Å². The van der Waals surface area contributed by atoms with Gasteiger partial charge >= 0.3 is 0 Å². The average Bonchev–Trinajstić information content (AvgIpc) is 2.54. The SMILES string of the molecule is COCCNc1cc(C(=O)N2CCN(C(C)=O)CC2)nc(C)n1. The zero-order chi connectivity index (χ0) is 16.8. The Labute approximate surface area is 135 Å². The highest BCUT2D eigenvalue weighted by Gasteiger charge is 2.24. The number of aryl methyl sites for hydroxylation is 1. The first-order chi connectivity index (χ1) is 11.0. The lowest BCUT2D eigenvalue weighted by atomic mass is 10.2. The first-order valence-corrected chi connectivity index (χ1v) is 7.64. The van der Waals surface area contributed by atoms with E-state index < -0.39 is 0 Å². The van der Waals surface area contributed by atoms with Crippen LogP contribution in [0, 0.1) is 6.92 Å². The number of ether oxygens (including phenoxy) is 1. The highest BCUT2D eigenvalue weighted by Crippen LogP contribution is 2.11. The molecule has 1 saturated heterocycles. The Bertz CT molecular complexity index is 570. The Morgan fingerprint density at radius 1 is 1.22 bits per heavy atom. The number of hydrogen-bond donors (Lipinski definition) is 1. The highest BCUT2D eigenvalue weighted by molar-refractivity contribution is 5.93. The van der Waals surface area contributed by atoms with Crippen molar-refractivity contribution in [3.8, 4) is 0 Å². The monoisotopic (exact) mass is 321 g/mol. The van der Waals surface area contributed by atoms with E-state index in [0.717, 1.165) is 0 Å². The molecule has 1 aliphatic heterocycles. The van der Waals surface area contributed by atoms with Crippen molar-refractivity contribution in [3.63, 3.8) is 0 Å². The van der Waals surface area contributed by atoms with E-state index in [1.807, 2.05) is 0 Å². The molecule has 0 aromatic carbocycles. The molecule has 8 heteroatoms. The van der Waals surface area contributed by atoms with Gasteiger partial charge in [0.15, 0.2) is 0 Å². The molecule has 126 valence electrons. The second-order valence-electron chi connectivity index (χ2n) is 5.40. The van der Waals surface area contributed by atoms with Crippen molar-refractivity contribution < 1.29 is 14.3 Å². The van der Waals surface area contributed by atoms with Crippen LogP contribution in [0.2, 0.25) is 0 Å². The predicted octanol–water partition coefficient (Wildman–Crippen LogP) is 0.148. The lowest BCUT2D eigenvalue weighted by molar-refractivity contribution is -0.130. The first kappa shape index (κ1) is 17.1. The van der Waals surface area contributed by atoms with Crippen LogP contribution in [-0.2, 0) is 9.53 Å². The summed E-state index contributed by atoms with van der Waals surface area (Å²) in [4.78, 5) is 35.9. The van der Waals surface area contributed by atoms with Gasteiger partial charge < -0.3 is 19.9 Å². The molecule has 2 rings (SSSR count). The largest absolute Gasteiger partial charge is 0.383 e. The van der Waals surface area contributed by atoms with Gasteiger partial charge in [0.25, 0.3) is 5.91 Å². The van der Waals surface area contributed by atoms with Gasteiger partial charge in [-0.1, -0.05) is 0 Å². The van der Waals surface area contributed by atoms with E-state index in [9.17, 15) is 9.59 Å². The van der Waals surface area contributed by atoms with E-state index in [2.05, 4.69) is 15.3 Å². The molecule has 0 radical (unpaired) electrons. The summed E-state index contributed by atoms with van der Waals surface area (Å²) < 4.78 is 4.98. The van der Waals surface area contributed by atoms with Gasteiger partial charge in [0, 0.05) is 52.8 Å². The molecule has 1 fully saturated rings. The van der Waals surface area contributed by atoms with Gasteiger partial charge in [-0.2, -0.15) is 0 Å². The first-order valence-electron chi connectivity index (χ1n) is 7.64. The summed E-state index contributed by atoms with van der Waals surface area (Å²) in [5.74, 6) is 1.06. The molecule has 8 nitrogen and oxygen atoms in total. The summed E-state index contributed by atoms with van der Waals surface area (Å²) in [7, 11) is 1.63. The number of piperazine rings is 1. The third-order valence-electron chi connectivity index (χ3n) is 3.68. The third kappa shape index (κ3) is 4.62. The normalized spacial score (nSPS) is 14.7. The van der Waals surface area contributed by atoms with Gasteiger partial charge in [-0.3, -0.25) is 9.59 Å². The maximum Gasteiger partial charge on any atom is 0.272 e. The Hall–Kier alpha value is -2.22. The minimum atomic E-state index is -0.131. The fourth-order valence-electron chi connectivity index (χ4n) is 2.44. The van der Waals surface area contributed by atoms with E-state index in [-0.39, 0.29) is 11.8 Å². The summed E-state index contributed by atoms with van der Waals surface area (Å²) in [6.07, 6.45) is 0. The fourth-order valence-corrected chi connectivity index (χ4v) is 2.44. The molecule has 1 aromatic heterocycles. The van der Waals surface area contributed by atoms with Gasteiger partial charge in [-0.25, -0.2) is 9.97 Å². The van der Waals surface area contributed by atoms with Crippen LogP contribution in [0.15, 0.2) is 6.07 Å². The Morgan fingerprint density at radius 3 is 2.48 bits per heavy atom. The van der Waals surface area contributed by atoms with Crippen molar-refractivity contribution in [1.29, 1.82) is 0 Å². The number of rotatable bonds is 5. The Morgan fingerprint density at radius 2 is 1.87 bits per heavy atom. The fraction of sp³-hybridized carbons (Fsp3) is 0.600. The molecule has 1 N–H and O–H groups in total. The number of carbonyl (C=O) groups is 2. The van der Waals surface area contributed by atoms with Crippen LogP contribution >= 0.6 is 0 Å². The van der Waals surface area contributed by atoms with Crippen molar-refractivity contribution in [3.05, 3.63) is 17.6 Å². The molecule has 0 spiro atoms. The number of nitrogens with zero attached hydrogens (tertiary/aromatic N) is 4. The molecule has 0 atom stereocenters. The van der Waals surface area contributed by atoms with Gasteiger partial charge in [0.05, 0.1) is 6.61 Å². The van der Waals surface area contributed by atoms with E-state index >= 15 is 0 Å². The molecule has 0 aliphatic carbocycles. The van der Waals surface area contributed by atoms with Crippen LogP contribution in [-0.4, -0.2) is 78.0 Å². The number of anilines is 1. The van der Waals surface area contributed by atoms with Gasteiger partial charge in [0.1, 0.15) is 17.3 Å². The summed E-state index contributed by atoms with van der Waals surface area (Å²) >= 11 is 0. The molecule has 1 aromatic rings. The summed E-state index contributed by atoms with van der Waals surface area (Å²) in [5.41, 5.74) is 0.369. The molecule has 2 amide bonds. The van der Waals surface area contributed by atoms with E-state index in [4.69, 9.17) is 4.74 Å². The Balaban J connectivity index is 2.03. The molecule has 0 unspecified atom stereocenters. The topological polar surface area (TPSA) is 87.7 Å². The van der Waals surface area contributed by atoms with E-state index in [1.165, 1.54) is 0 Å². The standard InChI is InChI=1S/C15H23N5O3/c1-11-17-13(10-14(18-11)16-4-9-23-3)15(22)20-7-5-19(6-8-20)12(2)21/h10H,4-9H2,1-3H3,(H,16,17,18). The minimum absolute atomic E-state index is 0.0413. The van der Waals surface area contributed by atoms with Gasteiger partial charge in [0.2, 0.25) is 5.91 Å². The van der Waals surface area contributed by atoms with E-state index in [0.29, 0.717) is 56.7 Å². The van der Waals surface area contributed by atoms with Crippen LogP contribution in [0.3, 0.4) is 0 Å². The predicted molar refractivity (Wildman–Crippen MR) is 85.3 cm³/mol. The molecule has 0 bridgehead atoms. The summed E-state index contributed by atoms with van der Waals surface area (Å²) in [5, 5.41) is 3.11. The van der Waals surface area contributed by atoms with Crippen molar-refractivity contribution in [2.24, 2.45) is 0 Å². The van der Waals surface area contributed by atoms with Crippen LogP contribution < -0.4 is 5.32 Å². The molecular formula is C15H23N5O3. The smallest absolute Gasteiger partial charge is 0.272 e. The Kier molecular flexibility index (Phi) is 5.86. The third-order valence-corrected chi connectivity index (χ3v) is 3.68. The van der Waals surface area contributed by atoms with Crippen molar-refractivity contribution in [2.45, 2.75) is 13.8 Å². The van der Waals surface area contributed by atoms with Gasteiger partial charge in [-0.05, 0) is 6.92 Å². The zero-order valence-electron chi connectivity index (χ0n) is 13.8. The number of carbonyl (C=O) groups excluding carboxylic acids is 2.